The minimum absolute atomic E-state index is 0.148. The smallest absolute Gasteiger partial charge is 0.294 e. The van der Waals surface area contributed by atoms with E-state index in [1.165, 1.54) is 4.90 Å². The summed E-state index contributed by atoms with van der Waals surface area (Å²) >= 11 is 0. The molecule has 0 bridgehead atoms. The summed E-state index contributed by atoms with van der Waals surface area (Å²) in [4.78, 5) is 31.2. The van der Waals surface area contributed by atoms with E-state index in [0.717, 1.165) is 16.7 Å². The lowest BCUT2D eigenvalue weighted by molar-refractivity contribution is -0.119. The summed E-state index contributed by atoms with van der Waals surface area (Å²) in [5.74, 6) is -1.58. The van der Waals surface area contributed by atoms with Gasteiger partial charge in [-0.2, -0.15) is 0 Å². The van der Waals surface area contributed by atoms with Crippen LogP contribution >= 0.6 is 0 Å². The summed E-state index contributed by atoms with van der Waals surface area (Å²) in [5, 5.41) is 10.5. The van der Waals surface area contributed by atoms with E-state index in [1.54, 1.807) is 38.4 Å². The Morgan fingerprint density at radius 2 is 1.69 bits per heavy atom. The molecule has 1 N–H and O–H groups in total. The van der Waals surface area contributed by atoms with Crippen molar-refractivity contribution < 1.29 is 14.7 Å². The zero-order valence-corrected chi connectivity index (χ0v) is 15.4. The van der Waals surface area contributed by atoms with E-state index in [1.807, 2.05) is 32.0 Å². The second-order valence-electron chi connectivity index (χ2n) is 6.99. The van der Waals surface area contributed by atoms with Gasteiger partial charge in [-0.05, 0) is 54.8 Å². The summed E-state index contributed by atoms with van der Waals surface area (Å²) in [5.41, 5.74) is 3.55. The number of benzene rings is 1. The fourth-order valence-electron chi connectivity index (χ4n) is 3.39. The highest BCUT2D eigenvalue weighted by Gasteiger charge is 2.44. The Hall–Kier alpha value is -2.95. The third-order valence-corrected chi connectivity index (χ3v) is 4.50. The van der Waals surface area contributed by atoms with Crippen molar-refractivity contribution in [3.05, 3.63) is 70.7 Å². The van der Waals surface area contributed by atoms with Crippen molar-refractivity contribution >= 4 is 17.4 Å². The summed E-state index contributed by atoms with van der Waals surface area (Å²) in [6, 6.07) is 8.64. The summed E-state index contributed by atoms with van der Waals surface area (Å²) in [6.07, 6.45) is 3.23. The maximum Gasteiger partial charge on any atom is 0.294 e. The number of amides is 1. The lowest BCUT2D eigenvalue weighted by Crippen LogP contribution is -2.31. The van der Waals surface area contributed by atoms with E-state index in [2.05, 4.69) is 4.98 Å². The maximum absolute atomic E-state index is 12.9. The van der Waals surface area contributed by atoms with Gasteiger partial charge in [0.1, 0.15) is 0 Å². The fourth-order valence-corrected chi connectivity index (χ4v) is 3.39. The van der Waals surface area contributed by atoms with E-state index in [4.69, 9.17) is 0 Å². The lowest BCUT2D eigenvalue weighted by atomic mass is 9.91. The van der Waals surface area contributed by atoms with E-state index in [-0.39, 0.29) is 17.3 Å². The monoisotopic (exact) mass is 350 g/mol. The lowest BCUT2D eigenvalue weighted by Gasteiger charge is -2.27. The topological polar surface area (TPSA) is 70.5 Å². The molecule has 0 saturated heterocycles. The number of Topliss-reactive ketones (excluding diaryl/α,β-unsaturated/α-hetero) is 1. The molecule has 1 aromatic carbocycles. The van der Waals surface area contributed by atoms with Crippen molar-refractivity contribution in [2.45, 2.75) is 33.7 Å². The highest BCUT2D eigenvalue weighted by atomic mass is 16.3. The van der Waals surface area contributed by atoms with Gasteiger partial charge in [-0.25, -0.2) is 0 Å². The number of carbonyl (C=O) groups is 2. The number of aliphatic hydroxyl groups is 1. The fraction of sp³-hybridized carbons (Fsp3) is 0.286. The molecular weight excluding hydrogens is 328 g/mol. The van der Waals surface area contributed by atoms with Crippen molar-refractivity contribution in [2.75, 3.05) is 4.90 Å². The molecule has 5 nitrogen and oxygen atoms in total. The first kappa shape index (κ1) is 17.9. The summed E-state index contributed by atoms with van der Waals surface area (Å²) < 4.78 is 0. The number of carbonyl (C=O) groups excluding carboxylic acids is 2. The number of aromatic nitrogens is 1. The van der Waals surface area contributed by atoms with Crippen LogP contribution in [0.15, 0.2) is 54.1 Å². The number of aliphatic hydroxyl groups excluding tert-OH is 1. The Labute approximate surface area is 153 Å². The number of rotatable bonds is 4. The SMILES string of the molecule is Cc1cc(C)cc(N2C(=O)C(O)=C(C(=O)C(C)C)C2c2ccncc2)c1. The number of ketones is 1. The number of anilines is 1. The van der Waals surface area contributed by atoms with Crippen LogP contribution in [0.25, 0.3) is 0 Å². The molecule has 1 aromatic heterocycles. The molecule has 1 aliphatic rings. The summed E-state index contributed by atoms with van der Waals surface area (Å²) in [7, 11) is 0. The molecule has 0 fully saturated rings. The molecule has 2 heterocycles. The molecule has 134 valence electrons. The van der Waals surface area contributed by atoms with Gasteiger partial charge in [-0.3, -0.25) is 19.5 Å². The molecule has 0 aliphatic carbocycles. The Morgan fingerprint density at radius 1 is 1.12 bits per heavy atom. The first-order valence-corrected chi connectivity index (χ1v) is 8.60. The Kier molecular flexibility index (Phi) is 4.64. The number of hydrogen-bond donors (Lipinski definition) is 1. The molecule has 26 heavy (non-hydrogen) atoms. The number of nitrogens with zero attached hydrogens (tertiary/aromatic N) is 2. The first-order chi connectivity index (χ1) is 12.3. The van der Waals surface area contributed by atoms with Crippen LogP contribution in [0.2, 0.25) is 0 Å². The van der Waals surface area contributed by atoms with E-state index in [9.17, 15) is 14.7 Å². The largest absolute Gasteiger partial charge is 0.503 e. The van der Waals surface area contributed by atoms with Crippen LogP contribution in [0.4, 0.5) is 5.69 Å². The van der Waals surface area contributed by atoms with Crippen molar-refractivity contribution in [1.82, 2.24) is 4.98 Å². The van der Waals surface area contributed by atoms with Gasteiger partial charge in [-0.1, -0.05) is 19.9 Å². The predicted molar refractivity (Wildman–Crippen MR) is 99.9 cm³/mol. The Bertz CT molecular complexity index is 880. The zero-order chi connectivity index (χ0) is 19.0. The molecule has 3 rings (SSSR count). The van der Waals surface area contributed by atoms with Gasteiger partial charge < -0.3 is 5.11 Å². The van der Waals surface area contributed by atoms with Crippen LogP contribution in [-0.2, 0) is 9.59 Å². The Morgan fingerprint density at radius 3 is 2.23 bits per heavy atom. The predicted octanol–water partition coefficient (Wildman–Crippen LogP) is 3.82. The maximum atomic E-state index is 12.9. The highest BCUT2D eigenvalue weighted by Crippen LogP contribution is 2.42. The van der Waals surface area contributed by atoms with E-state index >= 15 is 0 Å². The normalized spacial score (nSPS) is 17.3. The molecule has 1 aliphatic heterocycles. The van der Waals surface area contributed by atoms with E-state index < -0.39 is 17.7 Å². The van der Waals surface area contributed by atoms with Crippen LogP contribution in [0.3, 0.4) is 0 Å². The van der Waals surface area contributed by atoms with Crippen molar-refractivity contribution in [3.8, 4) is 0 Å². The number of hydrogen-bond acceptors (Lipinski definition) is 4. The van der Waals surface area contributed by atoms with Crippen LogP contribution in [-0.4, -0.2) is 21.8 Å². The van der Waals surface area contributed by atoms with Crippen molar-refractivity contribution in [2.24, 2.45) is 5.92 Å². The number of pyridine rings is 1. The molecule has 0 spiro atoms. The molecule has 5 heteroatoms. The zero-order valence-electron chi connectivity index (χ0n) is 15.4. The Balaban J connectivity index is 2.21. The standard InChI is InChI=1S/C21H22N2O3/c1-12(2)19(24)17-18(15-5-7-22-8-6-15)23(21(26)20(17)25)16-10-13(3)9-14(4)11-16/h5-12,18,25H,1-4H3. The molecule has 1 atom stereocenters. The molecular formula is C21H22N2O3. The second kappa shape index (κ2) is 6.75. The van der Waals surface area contributed by atoms with Gasteiger partial charge in [0.2, 0.25) is 0 Å². The third-order valence-electron chi connectivity index (χ3n) is 4.50. The van der Waals surface area contributed by atoms with Crippen LogP contribution in [0.5, 0.6) is 0 Å². The molecule has 2 aromatic rings. The molecule has 0 radical (unpaired) electrons. The van der Waals surface area contributed by atoms with Crippen LogP contribution in [0.1, 0.15) is 36.6 Å². The van der Waals surface area contributed by atoms with E-state index in [0.29, 0.717) is 5.69 Å². The minimum Gasteiger partial charge on any atom is -0.503 e. The van der Waals surface area contributed by atoms with Crippen LogP contribution < -0.4 is 4.90 Å². The summed E-state index contributed by atoms with van der Waals surface area (Å²) in [6.45, 7) is 7.42. The van der Waals surface area contributed by atoms with Gasteiger partial charge >= 0.3 is 0 Å². The highest BCUT2D eigenvalue weighted by molar-refractivity contribution is 6.16. The average Bonchev–Trinajstić information content (AvgIpc) is 2.85. The van der Waals surface area contributed by atoms with Gasteiger partial charge in [-0.15, -0.1) is 0 Å². The molecule has 1 amide bonds. The van der Waals surface area contributed by atoms with Gasteiger partial charge in [0.25, 0.3) is 5.91 Å². The van der Waals surface area contributed by atoms with Gasteiger partial charge in [0.15, 0.2) is 11.5 Å². The number of aryl methyl sites for hydroxylation is 2. The average molecular weight is 350 g/mol. The quantitative estimate of drug-likeness (QED) is 0.910. The van der Waals surface area contributed by atoms with Gasteiger partial charge in [0, 0.05) is 24.0 Å². The minimum atomic E-state index is -0.665. The van der Waals surface area contributed by atoms with Crippen molar-refractivity contribution in [1.29, 1.82) is 0 Å². The van der Waals surface area contributed by atoms with Crippen LogP contribution in [0, 0.1) is 19.8 Å². The van der Waals surface area contributed by atoms with Gasteiger partial charge in [0.05, 0.1) is 11.6 Å². The second-order valence-corrected chi connectivity index (χ2v) is 6.99. The first-order valence-electron chi connectivity index (χ1n) is 8.60. The third kappa shape index (κ3) is 3.01. The molecule has 0 saturated carbocycles. The molecule has 1 unspecified atom stereocenters. The van der Waals surface area contributed by atoms with Crippen molar-refractivity contribution in [3.63, 3.8) is 0 Å².